The normalized spacial score (nSPS) is 18.7. The zero-order valence-electron chi connectivity index (χ0n) is 21.1. The van der Waals surface area contributed by atoms with Gasteiger partial charge in [-0.3, -0.25) is 14.5 Å². The van der Waals surface area contributed by atoms with Crippen molar-refractivity contribution in [3.63, 3.8) is 0 Å². The summed E-state index contributed by atoms with van der Waals surface area (Å²) >= 11 is 12.3. The molecule has 5 rings (SSSR count). The van der Waals surface area contributed by atoms with Crippen molar-refractivity contribution in [2.75, 3.05) is 18.4 Å². The number of nitrogens with zero attached hydrogens (tertiary/aromatic N) is 3. The van der Waals surface area contributed by atoms with Crippen molar-refractivity contribution in [1.82, 2.24) is 20.4 Å². The van der Waals surface area contributed by atoms with Crippen LogP contribution in [-0.2, 0) is 11.3 Å². The number of para-hydroxylation sites is 1. The minimum atomic E-state index is -0.216. The Labute approximate surface area is 232 Å². The van der Waals surface area contributed by atoms with E-state index in [0.29, 0.717) is 51.7 Å². The second kappa shape index (κ2) is 12.3. The van der Waals surface area contributed by atoms with E-state index in [1.807, 2.05) is 12.1 Å². The van der Waals surface area contributed by atoms with E-state index in [9.17, 15) is 9.59 Å². The highest BCUT2D eigenvalue weighted by atomic mass is 35.5. The second-order valence-electron chi connectivity index (χ2n) is 10.1. The van der Waals surface area contributed by atoms with Gasteiger partial charge >= 0.3 is 0 Å². The summed E-state index contributed by atoms with van der Waals surface area (Å²) in [5.41, 5.74) is 1.69. The van der Waals surface area contributed by atoms with E-state index in [2.05, 4.69) is 25.7 Å². The van der Waals surface area contributed by atoms with Crippen LogP contribution in [0, 0.1) is 5.92 Å². The maximum Gasteiger partial charge on any atom is 0.253 e. The Bertz CT molecular complexity index is 1290. The van der Waals surface area contributed by atoms with Gasteiger partial charge in [-0.1, -0.05) is 59.8 Å². The molecule has 1 unspecified atom stereocenters. The maximum atomic E-state index is 13.2. The highest BCUT2D eigenvalue weighted by Gasteiger charge is 2.28. The quantitative estimate of drug-likeness (QED) is 0.373. The Kier molecular flexibility index (Phi) is 8.61. The molecule has 2 N–H and O–H groups in total. The van der Waals surface area contributed by atoms with Crippen molar-refractivity contribution in [2.45, 2.75) is 57.5 Å². The molecule has 1 atom stereocenters. The van der Waals surface area contributed by atoms with Crippen LogP contribution in [-0.4, -0.2) is 46.0 Å². The molecule has 200 valence electrons. The molecule has 10 heteroatoms. The van der Waals surface area contributed by atoms with Gasteiger partial charge < -0.3 is 15.2 Å². The molecule has 0 spiro atoms. The van der Waals surface area contributed by atoms with Gasteiger partial charge in [0.05, 0.1) is 28.7 Å². The first kappa shape index (κ1) is 26.7. The molecule has 2 heterocycles. The molecule has 1 aliphatic carbocycles. The smallest absolute Gasteiger partial charge is 0.253 e. The monoisotopic (exact) mass is 555 g/mol. The van der Waals surface area contributed by atoms with E-state index < -0.39 is 0 Å². The van der Waals surface area contributed by atoms with Gasteiger partial charge in [0.2, 0.25) is 17.6 Å². The van der Waals surface area contributed by atoms with E-state index in [-0.39, 0.29) is 23.8 Å². The standard InChI is InChI=1S/C28H31Cl2N5O3/c29-19-12-13-21(23(30)15-19)26-33-25(38-34-26)17-35-14-6-7-18(16-35)27(36)32-24-11-5-4-10-22(24)28(37)31-20-8-2-1-3-9-20/h4-5,10-13,15,18,20H,1-3,6-9,14,16-17H2,(H,31,37)(H,32,36). The number of nitrogens with one attached hydrogen (secondary N) is 2. The van der Waals surface area contributed by atoms with Crippen LogP contribution in [0.4, 0.5) is 5.69 Å². The van der Waals surface area contributed by atoms with Crippen LogP contribution in [0.5, 0.6) is 0 Å². The van der Waals surface area contributed by atoms with Crippen LogP contribution in [0.1, 0.15) is 61.2 Å². The fourth-order valence-corrected chi connectivity index (χ4v) is 5.73. The summed E-state index contributed by atoms with van der Waals surface area (Å²) in [4.78, 5) is 32.8. The summed E-state index contributed by atoms with van der Waals surface area (Å²) in [6.07, 6.45) is 7.16. The van der Waals surface area contributed by atoms with Gasteiger partial charge in [-0.15, -0.1) is 0 Å². The largest absolute Gasteiger partial charge is 0.349 e. The van der Waals surface area contributed by atoms with Crippen LogP contribution in [0.2, 0.25) is 10.0 Å². The molecule has 1 saturated carbocycles. The molecule has 2 aromatic carbocycles. The predicted molar refractivity (Wildman–Crippen MR) is 147 cm³/mol. The number of carbonyl (C=O) groups is 2. The maximum absolute atomic E-state index is 13.2. The van der Waals surface area contributed by atoms with Crippen LogP contribution in [0.25, 0.3) is 11.4 Å². The number of aromatic nitrogens is 2. The lowest BCUT2D eigenvalue weighted by Crippen LogP contribution is -2.40. The topological polar surface area (TPSA) is 100 Å². The average Bonchev–Trinajstić information content (AvgIpc) is 3.37. The molecule has 2 aliphatic rings. The number of halogens is 2. The second-order valence-corrected chi connectivity index (χ2v) is 10.9. The summed E-state index contributed by atoms with van der Waals surface area (Å²) in [7, 11) is 0. The van der Waals surface area contributed by atoms with Crippen LogP contribution in [0.15, 0.2) is 47.0 Å². The van der Waals surface area contributed by atoms with Crippen molar-refractivity contribution >= 4 is 40.7 Å². The summed E-state index contributed by atoms with van der Waals surface area (Å²) in [6.45, 7) is 1.81. The summed E-state index contributed by atoms with van der Waals surface area (Å²) in [5.74, 6) is 0.414. The Morgan fingerprint density at radius 3 is 2.66 bits per heavy atom. The lowest BCUT2D eigenvalue weighted by molar-refractivity contribution is -0.121. The van der Waals surface area contributed by atoms with Gasteiger partial charge in [0.25, 0.3) is 5.91 Å². The Hall–Kier alpha value is -2.94. The fraction of sp³-hybridized carbons (Fsp3) is 0.429. The van der Waals surface area contributed by atoms with Crippen molar-refractivity contribution in [3.05, 3.63) is 64.0 Å². The fourth-order valence-electron chi connectivity index (χ4n) is 5.24. The number of benzene rings is 2. The van der Waals surface area contributed by atoms with Gasteiger partial charge in [0, 0.05) is 23.2 Å². The van der Waals surface area contributed by atoms with Gasteiger partial charge in [-0.2, -0.15) is 4.98 Å². The highest BCUT2D eigenvalue weighted by molar-refractivity contribution is 6.36. The van der Waals surface area contributed by atoms with E-state index in [1.54, 1.807) is 30.3 Å². The number of likely N-dealkylation sites (tertiary alicyclic amines) is 1. The minimum absolute atomic E-state index is 0.0909. The lowest BCUT2D eigenvalue weighted by atomic mass is 9.95. The number of rotatable bonds is 7. The molecule has 1 saturated heterocycles. The van der Waals surface area contributed by atoms with E-state index >= 15 is 0 Å². The van der Waals surface area contributed by atoms with Gasteiger partial charge in [0.1, 0.15) is 0 Å². The average molecular weight is 556 g/mol. The number of piperidine rings is 1. The van der Waals surface area contributed by atoms with Crippen molar-refractivity contribution in [1.29, 1.82) is 0 Å². The van der Waals surface area contributed by atoms with Gasteiger partial charge in [-0.05, 0) is 62.6 Å². The predicted octanol–water partition coefficient (Wildman–Crippen LogP) is 5.96. The Balaban J connectivity index is 1.19. The summed E-state index contributed by atoms with van der Waals surface area (Å²) in [6, 6.07) is 12.5. The van der Waals surface area contributed by atoms with Crippen molar-refractivity contribution in [2.24, 2.45) is 5.92 Å². The number of anilines is 1. The highest BCUT2D eigenvalue weighted by Crippen LogP contribution is 2.29. The van der Waals surface area contributed by atoms with E-state index in [0.717, 1.165) is 45.1 Å². The van der Waals surface area contributed by atoms with Crippen LogP contribution in [0.3, 0.4) is 0 Å². The van der Waals surface area contributed by atoms with Crippen LogP contribution < -0.4 is 10.6 Å². The molecule has 8 nitrogen and oxygen atoms in total. The lowest BCUT2D eigenvalue weighted by Gasteiger charge is -2.31. The molecule has 0 bridgehead atoms. The van der Waals surface area contributed by atoms with Crippen molar-refractivity contribution in [3.8, 4) is 11.4 Å². The third kappa shape index (κ3) is 6.54. The van der Waals surface area contributed by atoms with Gasteiger partial charge in [-0.25, -0.2) is 0 Å². The number of hydrogen-bond acceptors (Lipinski definition) is 6. The number of amides is 2. The number of carbonyl (C=O) groups excluding carboxylic acids is 2. The molecular weight excluding hydrogens is 525 g/mol. The molecule has 1 aromatic heterocycles. The first-order chi connectivity index (χ1) is 18.5. The van der Waals surface area contributed by atoms with Crippen LogP contribution >= 0.6 is 23.2 Å². The summed E-state index contributed by atoms with van der Waals surface area (Å²) < 4.78 is 5.46. The molecule has 3 aromatic rings. The first-order valence-electron chi connectivity index (χ1n) is 13.2. The Morgan fingerprint density at radius 2 is 1.84 bits per heavy atom. The SMILES string of the molecule is O=C(NC1CCCCC1)c1ccccc1NC(=O)C1CCCN(Cc2nc(-c3ccc(Cl)cc3Cl)no2)C1. The third-order valence-corrected chi connectivity index (χ3v) is 7.79. The molecule has 1 aliphatic heterocycles. The van der Waals surface area contributed by atoms with E-state index in [4.69, 9.17) is 27.7 Å². The molecule has 38 heavy (non-hydrogen) atoms. The summed E-state index contributed by atoms with van der Waals surface area (Å²) in [5, 5.41) is 11.2. The van der Waals surface area contributed by atoms with E-state index in [1.165, 1.54) is 6.42 Å². The molecule has 2 amide bonds. The zero-order valence-corrected chi connectivity index (χ0v) is 22.6. The molecule has 2 fully saturated rings. The minimum Gasteiger partial charge on any atom is -0.349 e. The third-order valence-electron chi connectivity index (χ3n) is 7.25. The number of hydrogen-bond donors (Lipinski definition) is 2. The molecule has 0 radical (unpaired) electrons. The first-order valence-corrected chi connectivity index (χ1v) is 13.9. The molecular formula is C28H31Cl2N5O3. The zero-order chi connectivity index (χ0) is 26.5. The van der Waals surface area contributed by atoms with Crippen molar-refractivity contribution < 1.29 is 14.1 Å². The van der Waals surface area contributed by atoms with Gasteiger partial charge in [0.15, 0.2) is 0 Å². The Morgan fingerprint density at radius 1 is 1.03 bits per heavy atom.